The van der Waals surface area contributed by atoms with Crippen LogP contribution in [0.25, 0.3) is 0 Å². The SMILES string of the molecule is C#CCCC1(CCNC(=O)C2CCN(c3ccncc3)CC2)N=N1. The molecule has 1 aromatic heterocycles. The van der Waals surface area contributed by atoms with Crippen LogP contribution in [0.3, 0.4) is 0 Å². The number of aromatic nitrogens is 1. The van der Waals surface area contributed by atoms with Crippen LogP contribution in [0, 0.1) is 18.3 Å². The van der Waals surface area contributed by atoms with E-state index in [4.69, 9.17) is 6.42 Å². The number of nitrogens with one attached hydrogen (secondary N) is 1. The molecule has 1 N–H and O–H groups in total. The van der Waals surface area contributed by atoms with E-state index in [9.17, 15) is 4.79 Å². The van der Waals surface area contributed by atoms with Crippen LogP contribution in [0.1, 0.15) is 32.1 Å². The van der Waals surface area contributed by atoms with E-state index in [0.29, 0.717) is 13.0 Å². The van der Waals surface area contributed by atoms with Crippen molar-refractivity contribution in [2.45, 2.75) is 37.8 Å². The Morgan fingerprint density at radius 1 is 1.29 bits per heavy atom. The molecule has 1 amide bonds. The number of hydrogen-bond acceptors (Lipinski definition) is 5. The number of carbonyl (C=O) groups excluding carboxylic acids is 1. The molecular weight excluding hydrogens is 302 g/mol. The lowest BCUT2D eigenvalue weighted by atomic mass is 9.95. The monoisotopic (exact) mass is 325 g/mol. The number of amides is 1. The molecule has 0 unspecified atom stereocenters. The fourth-order valence-corrected chi connectivity index (χ4v) is 3.15. The molecule has 0 aromatic carbocycles. The Balaban J connectivity index is 1.37. The van der Waals surface area contributed by atoms with Gasteiger partial charge in [-0.05, 0) is 25.0 Å². The first kappa shape index (κ1) is 16.4. The molecule has 1 fully saturated rings. The number of hydrogen-bond donors (Lipinski definition) is 1. The quantitative estimate of drug-likeness (QED) is 0.783. The van der Waals surface area contributed by atoms with Gasteiger partial charge in [-0.2, -0.15) is 10.2 Å². The molecule has 0 bridgehead atoms. The summed E-state index contributed by atoms with van der Waals surface area (Å²) in [6.07, 6.45) is 12.9. The lowest BCUT2D eigenvalue weighted by Crippen LogP contribution is -2.41. The van der Waals surface area contributed by atoms with Crippen LogP contribution in [-0.2, 0) is 4.79 Å². The average Bonchev–Trinajstić information content (AvgIpc) is 3.41. The molecule has 24 heavy (non-hydrogen) atoms. The van der Waals surface area contributed by atoms with Crippen LogP contribution in [0.2, 0.25) is 0 Å². The highest BCUT2D eigenvalue weighted by Gasteiger charge is 2.38. The first-order valence-corrected chi connectivity index (χ1v) is 8.53. The van der Waals surface area contributed by atoms with Crippen LogP contribution in [0.15, 0.2) is 34.8 Å². The van der Waals surface area contributed by atoms with Crippen LogP contribution in [0.4, 0.5) is 5.69 Å². The molecular formula is C18H23N5O. The second-order valence-electron chi connectivity index (χ2n) is 6.39. The van der Waals surface area contributed by atoms with E-state index < -0.39 is 0 Å². The van der Waals surface area contributed by atoms with Gasteiger partial charge < -0.3 is 10.2 Å². The van der Waals surface area contributed by atoms with Gasteiger partial charge >= 0.3 is 0 Å². The van der Waals surface area contributed by atoms with Crippen molar-refractivity contribution >= 4 is 11.6 Å². The van der Waals surface area contributed by atoms with Crippen molar-refractivity contribution < 1.29 is 4.79 Å². The van der Waals surface area contributed by atoms with E-state index in [2.05, 4.69) is 31.3 Å². The first-order chi connectivity index (χ1) is 11.7. The van der Waals surface area contributed by atoms with E-state index in [1.54, 1.807) is 12.4 Å². The van der Waals surface area contributed by atoms with Gasteiger partial charge in [-0.1, -0.05) is 0 Å². The van der Waals surface area contributed by atoms with Crippen LogP contribution in [-0.4, -0.2) is 36.2 Å². The predicted octanol–water partition coefficient (Wildman–Crippen LogP) is 2.38. The standard InChI is InChI=1S/C18H23N5O/c1-2-3-8-18(21-22-18)9-12-20-17(24)15-6-13-23(14-7-15)16-4-10-19-11-5-16/h1,4-5,10-11,15H,3,6-9,12-14H2,(H,20,24). The topological polar surface area (TPSA) is 70.0 Å². The maximum atomic E-state index is 12.3. The first-order valence-electron chi connectivity index (χ1n) is 8.53. The Hall–Kier alpha value is -2.42. The molecule has 126 valence electrons. The molecule has 2 aliphatic heterocycles. The number of pyridine rings is 1. The summed E-state index contributed by atoms with van der Waals surface area (Å²) in [4.78, 5) is 18.7. The smallest absolute Gasteiger partial charge is 0.223 e. The zero-order chi connectivity index (χ0) is 16.8. The molecule has 1 aromatic rings. The Morgan fingerprint density at radius 3 is 2.62 bits per heavy atom. The van der Waals surface area contributed by atoms with Crippen molar-refractivity contribution in [2.24, 2.45) is 16.1 Å². The van der Waals surface area contributed by atoms with Crippen LogP contribution in [0.5, 0.6) is 0 Å². The summed E-state index contributed by atoms with van der Waals surface area (Å²) in [5.74, 6) is 2.86. The summed E-state index contributed by atoms with van der Waals surface area (Å²) < 4.78 is 0. The summed E-state index contributed by atoms with van der Waals surface area (Å²) in [5, 5.41) is 11.2. The summed E-state index contributed by atoms with van der Waals surface area (Å²) in [5.41, 5.74) is 0.862. The van der Waals surface area contributed by atoms with E-state index in [0.717, 1.165) is 38.8 Å². The third-order valence-corrected chi connectivity index (χ3v) is 4.77. The Kier molecular flexibility index (Phi) is 5.09. The van der Waals surface area contributed by atoms with E-state index >= 15 is 0 Å². The van der Waals surface area contributed by atoms with Crippen molar-refractivity contribution in [3.63, 3.8) is 0 Å². The molecule has 3 heterocycles. The van der Waals surface area contributed by atoms with E-state index in [1.165, 1.54) is 5.69 Å². The molecule has 6 nitrogen and oxygen atoms in total. The zero-order valence-electron chi connectivity index (χ0n) is 13.8. The van der Waals surface area contributed by atoms with Crippen LogP contribution >= 0.6 is 0 Å². The number of piperidine rings is 1. The van der Waals surface area contributed by atoms with Crippen molar-refractivity contribution in [3.05, 3.63) is 24.5 Å². The minimum Gasteiger partial charge on any atom is -0.371 e. The number of carbonyl (C=O) groups is 1. The minimum atomic E-state index is -0.315. The van der Waals surface area contributed by atoms with Gasteiger partial charge in [0.15, 0.2) is 5.66 Å². The van der Waals surface area contributed by atoms with E-state index in [-0.39, 0.29) is 17.5 Å². The van der Waals surface area contributed by atoms with Gasteiger partial charge in [0.2, 0.25) is 5.91 Å². The largest absolute Gasteiger partial charge is 0.371 e. The Morgan fingerprint density at radius 2 is 2.00 bits per heavy atom. The normalized spacial score (nSPS) is 18.9. The highest BCUT2D eigenvalue weighted by molar-refractivity contribution is 5.79. The molecule has 6 heteroatoms. The molecule has 3 rings (SSSR count). The summed E-state index contributed by atoms with van der Waals surface area (Å²) in [7, 11) is 0. The van der Waals surface area contributed by atoms with Gasteiger partial charge in [0.05, 0.1) is 0 Å². The van der Waals surface area contributed by atoms with Gasteiger partial charge in [-0.3, -0.25) is 9.78 Å². The molecule has 0 saturated carbocycles. The number of terminal acetylenes is 1. The maximum Gasteiger partial charge on any atom is 0.223 e. The molecule has 0 atom stereocenters. The highest BCUT2D eigenvalue weighted by atomic mass is 16.1. The lowest BCUT2D eigenvalue weighted by Gasteiger charge is -2.32. The summed E-state index contributed by atoms with van der Waals surface area (Å²) in [6, 6.07) is 4.03. The van der Waals surface area contributed by atoms with Crippen molar-refractivity contribution in [2.75, 3.05) is 24.5 Å². The van der Waals surface area contributed by atoms with Crippen molar-refractivity contribution in [1.82, 2.24) is 10.3 Å². The Bertz CT molecular complexity index is 623. The average molecular weight is 325 g/mol. The predicted molar refractivity (Wildman–Crippen MR) is 92.5 cm³/mol. The second-order valence-corrected chi connectivity index (χ2v) is 6.39. The number of anilines is 1. The van der Waals surface area contributed by atoms with Gasteiger partial charge in [0.25, 0.3) is 0 Å². The molecule has 0 spiro atoms. The lowest BCUT2D eigenvalue weighted by molar-refractivity contribution is -0.125. The second kappa shape index (κ2) is 7.43. The fraction of sp³-hybridized carbons (Fsp3) is 0.556. The highest BCUT2D eigenvalue weighted by Crippen LogP contribution is 2.36. The molecule has 2 aliphatic rings. The van der Waals surface area contributed by atoms with Gasteiger partial charge in [-0.15, -0.1) is 12.3 Å². The minimum absolute atomic E-state index is 0.0952. The van der Waals surface area contributed by atoms with Gasteiger partial charge in [-0.25, -0.2) is 0 Å². The maximum absolute atomic E-state index is 12.3. The van der Waals surface area contributed by atoms with Gasteiger partial charge in [0, 0.05) is 62.9 Å². The third-order valence-electron chi connectivity index (χ3n) is 4.77. The molecule has 1 saturated heterocycles. The van der Waals surface area contributed by atoms with Crippen molar-refractivity contribution in [1.29, 1.82) is 0 Å². The molecule has 0 radical (unpaired) electrons. The summed E-state index contributed by atoms with van der Waals surface area (Å²) >= 11 is 0. The zero-order valence-corrected chi connectivity index (χ0v) is 13.8. The van der Waals surface area contributed by atoms with Crippen molar-refractivity contribution in [3.8, 4) is 12.3 Å². The van der Waals surface area contributed by atoms with E-state index in [1.807, 2.05) is 12.1 Å². The van der Waals surface area contributed by atoms with Gasteiger partial charge in [0.1, 0.15) is 0 Å². The fourth-order valence-electron chi connectivity index (χ4n) is 3.15. The Labute approximate surface area is 142 Å². The third kappa shape index (κ3) is 4.10. The molecule has 0 aliphatic carbocycles. The number of nitrogens with zero attached hydrogens (tertiary/aromatic N) is 4. The summed E-state index contributed by atoms with van der Waals surface area (Å²) in [6.45, 7) is 2.42. The number of rotatable bonds is 7. The van der Waals surface area contributed by atoms with Crippen LogP contribution < -0.4 is 10.2 Å².